The van der Waals surface area contributed by atoms with Crippen molar-refractivity contribution in [2.45, 2.75) is 27.2 Å². The van der Waals surface area contributed by atoms with E-state index in [0.717, 1.165) is 12.6 Å². The summed E-state index contributed by atoms with van der Waals surface area (Å²) in [5.74, 6) is -0.312. The van der Waals surface area contributed by atoms with Gasteiger partial charge in [0.05, 0.1) is 6.20 Å². The quantitative estimate of drug-likeness (QED) is 0.813. The minimum atomic E-state index is -0.478. The van der Waals surface area contributed by atoms with Gasteiger partial charge in [0.25, 0.3) is 0 Å². The fourth-order valence-electron chi connectivity index (χ4n) is 1.03. The summed E-state index contributed by atoms with van der Waals surface area (Å²) >= 11 is 5.56. The second-order valence-corrected chi connectivity index (χ2v) is 4.91. The van der Waals surface area contributed by atoms with Crippen LogP contribution >= 0.6 is 11.6 Å². The standard InChI is InChI=1S/C10H15ClFN3/c1-10(2,3)4-5-13-8-7(12)6-14-9(11)15-8/h6H,4-5H2,1-3H3,(H,13,14,15). The van der Waals surface area contributed by atoms with Crippen LogP contribution in [-0.2, 0) is 0 Å². The van der Waals surface area contributed by atoms with Crippen LogP contribution in [-0.4, -0.2) is 16.5 Å². The van der Waals surface area contributed by atoms with E-state index in [2.05, 4.69) is 36.1 Å². The molecule has 0 radical (unpaired) electrons. The number of rotatable bonds is 3. The molecule has 84 valence electrons. The molecule has 0 aliphatic carbocycles. The predicted molar refractivity (Wildman–Crippen MR) is 59.6 cm³/mol. The van der Waals surface area contributed by atoms with E-state index in [0.29, 0.717) is 6.54 Å². The molecule has 15 heavy (non-hydrogen) atoms. The molecule has 5 heteroatoms. The van der Waals surface area contributed by atoms with Gasteiger partial charge in [-0.1, -0.05) is 20.8 Å². The summed E-state index contributed by atoms with van der Waals surface area (Å²) in [5.41, 5.74) is 0.209. The van der Waals surface area contributed by atoms with Crippen LogP contribution in [0.25, 0.3) is 0 Å². The SMILES string of the molecule is CC(C)(C)CCNc1nc(Cl)ncc1F. The summed E-state index contributed by atoms with van der Waals surface area (Å²) in [7, 11) is 0. The lowest BCUT2D eigenvalue weighted by atomic mass is 9.92. The average molecular weight is 232 g/mol. The van der Waals surface area contributed by atoms with E-state index in [1.54, 1.807) is 0 Å². The first-order chi connectivity index (χ1) is 6.88. The first kappa shape index (κ1) is 12.2. The number of halogens is 2. The Labute approximate surface area is 94.1 Å². The molecule has 0 unspecified atom stereocenters. The first-order valence-corrected chi connectivity index (χ1v) is 5.18. The molecule has 0 atom stereocenters. The highest BCUT2D eigenvalue weighted by Gasteiger charge is 2.11. The molecule has 0 aliphatic rings. The van der Waals surface area contributed by atoms with Crippen LogP contribution in [0.3, 0.4) is 0 Å². The van der Waals surface area contributed by atoms with Crippen LogP contribution < -0.4 is 5.32 Å². The lowest BCUT2D eigenvalue weighted by molar-refractivity contribution is 0.389. The molecule has 0 aliphatic heterocycles. The van der Waals surface area contributed by atoms with Gasteiger partial charge >= 0.3 is 0 Å². The molecular formula is C10H15ClFN3. The monoisotopic (exact) mass is 231 g/mol. The fraction of sp³-hybridized carbons (Fsp3) is 0.600. The van der Waals surface area contributed by atoms with Crippen LogP contribution in [0.1, 0.15) is 27.2 Å². The fourth-order valence-corrected chi connectivity index (χ4v) is 1.16. The van der Waals surface area contributed by atoms with Gasteiger partial charge in [0.2, 0.25) is 5.28 Å². The highest BCUT2D eigenvalue weighted by Crippen LogP contribution is 2.19. The number of nitrogens with zero attached hydrogens (tertiary/aromatic N) is 2. The van der Waals surface area contributed by atoms with Crippen molar-refractivity contribution in [3.8, 4) is 0 Å². The Hall–Kier alpha value is -0.900. The Morgan fingerprint density at radius 2 is 2.13 bits per heavy atom. The third-order valence-corrected chi connectivity index (χ3v) is 2.06. The summed E-state index contributed by atoms with van der Waals surface area (Å²) in [5, 5.41) is 2.95. The van der Waals surface area contributed by atoms with E-state index < -0.39 is 5.82 Å². The smallest absolute Gasteiger partial charge is 0.224 e. The maximum absolute atomic E-state index is 13.1. The van der Waals surface area contributed by atoms with Gasteiger partial charge in [-0.05, 0) is 23.4 Å². The molecule has 1 aromatic heterocycles. The van der Waals surface area contributed by atoms with Gasteiger partial charge in [0.15, 0.2) is 11.6 Å². The van der Waals surface area contributed by atoms with E-state index in [4.69, 9.17) is 11.6 Å². The van der Waals surface area contributed by atoms with Crippen molar-refractivity contribution in [3.63, 3.8) is 0 Å². The molecular weight excluding hydrogens is 217 g/mol. The molecule has 3 nitrogen and oxygen atoms in total. The predicted octanol–water partition coefficient (Wildman–Crippen LogP) is 3.12. The maximum atomic E-state index is 13.1. The molecule has 0 fully saturated rings. The van der Waals surface area contributed by atoms with Crippen LogP contribution in [0, 0.1) is 11.2 Å². The summed E-state index contributed by atoms with van der Waals surface area (Å²) in [6.07, 6.45) is 1.99. The van der Waals surface area contributed by atoms with Crippen molar-refractivity contribution in [1.82, 2.24) is 9.97 Å². The van der Waals surface area contributed by atoms with Crippen LogP contribution in [0.4, 0.5) is 10.2 Å². The third kappa shape index (κ3) is 4.42. The third-order valence-electron chi connectivity index (χ3n) is 1.88. The molecule has 0 saturated carbocycles. The average Bonchev–Trinajstić information content (AvgIpc) is 2.09. The summed E-state index contributed by atoms with van der Waals surface area (Å²) in [6, 6.07) is 0. The van der Waals surface area contributed by atoms with E-state index in [1.807, 2.05) is 0 Å². The molecule has 1 aromatic rings. The zero-order valence-electron chi connectivity index (χ0n) is 9.14. The van der Waals surface area contributed by atoms with Crippen molar-refractivity contribution in [2.75, 3.05) is 11.9 Å². The molecule has 1 heterocycles. The Kier molecular flexibility index (Phi) is 3.85. The van der Waals surface area contributed by atoms with Crippen LogP contribution in [0.5, 0.6) is 0 Å². The molecule has 1 N–H and O–H groups in total. The molecule has 0 spiro atoms. The lowest BCUT2D eigenvalue weighted by Crippen LogP contribution is -2.14. The second kappa shape index (κ2) is 4.75. The Morgan fingerprint density at radius 3 is 2.73 bits per heavy atom. The maximum Gasteiger partial charge on any atom is 0.224 e. The van der Waals surface area contributed by atoms with E-state index in [-0.39, 0.29) is 16.5 Å². The lowest BCUT2D eigenvalue weighted by Gasteiger charge is -2.18. The number of aromatic nitrogens is 2. The molecule has 0 bridgehead atoms. The molecule has 0 aromatic carbocycles. The van der Waals surface area contributed by atoms with E-state index in [9.17, 15) is 4.39 Å². The normalized spacial score (nSPS) is 11.5. The van der Waals surface area contributed by atoms with Crippen molar-refractivity contribution < 1.29 is 4.39 Å². The summed E-state index contributed by atoms with van der Waals surface area (Å²) in [6.45, 7) is 7.03. The van der Waals surface area contributed by atoms with Crippen LogP contribution in [0.2, 0.25) is 5.28 Å². The van der Waals surface area contributed by atoms with Gasteiger partial charge in [-0.15, -0.1) is 0 Å². The highest BCUT2D eigenvalue weighted by atomic mass is 35.5. The van der Waals surface area contributed by atoms with Crippen molar-refractivity contribution in [2.24, 2.45) is 5.41 Å². The largest absolute Gasteiger partial charge is 0.367 e. The number of nitrogens with one attached hydrogen (secondary N) is 1. The number of hydrogen-bond donors (Lipinski definition) is 1. The Bertz CT molecular complexity index is 336. The highest BCUT2D eigenvalue weighted by molar-refractivity contribution is 6.28. The zero-order valence-corrected chi connectivity index (χ0v) is 9.90. The van der Waals surface area contributed by atoms with Gasteiger partial charge in [0, 0.05) is 6.54 Å². The van der Waals surface area contributed by atoms with Crippen molar-refractivity contribution in [3.05, 3.63) is 17.3 Å². The zero-order chi connectivity index (χ0) is 11.5. The van der Waals surface area contributed by atoms with Gasteiger partial charge in [-0.3, -0.25) is 0 Å². The first-order valence-electron chi connectivity index (χ1n) is 4.80. The van der Waals surface area contributed by atoms with E-state index >= 15 is 0 Å². The Balaban J connectivity index is 2.54. The van der Waals surface area contributed by atoms with Gasteiger partial charge in [0.1, 0.15) is 0 Å². The van der Waals surface area contributed by atoms with Gasteiger partial charge in [-0.2, -0.15) is 4.98 Å². The van der Waals surface area contributed by atoms with Gasteiger partial charge < -0.3 is 5.32 Å². The summed E-state index contributed by atoms with van der Waals surface area (Å²) < 4.78 is 13.1. The summed E-state index contributed by atoms with van der Waals surface area (Å²) in [4.78, 5) is 7.30. The van der Waals surface area contributed by atoms with E-state index in [1.165, 1.54) is 0 Å². The number of hydrogen-bond acceptors (Lipinski definition) is 3. The topological polar surface area (TPSA) is 37.8 Å². The second-order valence-electron chi connectivity index (χ2n) is 4.57. The van der Waals surface area contributed by atoms with Gasteiger partial charge in [-0.25, -0.2) is 9.37 Å². The molecule has 0 saturated heterocycles. The van der Waals surface area contributed by atoms with Crippen molar-refractivity contribution in [1.29, 1.82) is 0 Å². The minimum absolute atomic E-state index is 0.0506. The Morgan fingerprint density at radius 1 is 1.47 bits per heavy atom. The molecule has 0 amide bonds. The molecule has 1 rings (SSSR count). The minimum Gasteiger partial charge on any atom is -0.367 e. The van der Waals surface area contributed by atoms with Crippen molar-refractivity contribution >= 4 is 17.4 Å². The van der Waals surface area contributed by atoms with Crippen LogP contribution in [0.15, 0.2) is 6.20 Å². The number of anilines is 1.